The summed E-state index contributed by atoms with van der Waals surface area (Å²) in [5.41, 5.74) is 5.53. The van der Waals surface area contributed by atoms with Gasteiger partial charge in [0.15, 0.2) is 0 Å². The molecule has 0 spiro atoms. The first-order chi connectivity index (χ1) is 7.27. The van der Waals surface area contributed by atoms with E-state index in [1.165, 1.54) is 0 Å². The van der Waals surface area contributed by atoms with Crippen LogP contribution in [0.2, 0.25) is 0 Å². The van der Waals surface area contributed by atoms with E-state index in [9.17, 15) is 4.79 Å². The van der Waals surface area contributed by atoms with Gasteiger partial charge in [0.1, 0.15) is 0 Å². The van der Waals surface area contributed by atoms with Crippen LogP contribution in [-0.4, -0.2) is 25.3 Å². The summed E-state index contributed by atoms with van der Waals surface area (Å²) in [5, 5.41) is 2.87. The van der Waals surface area contributed by atoms with E-state index in [0.717, 1.165) is 6.42 Å². The summed E-state index contributed by atoms with van der Waals surface area (Å²) in [7, 11) is 0. The van der Waals surface area contributed by atoms with Crippen molar-refractivity contribution >= 4 is 6.09 Å². The average Bonchev–Trinajstić information content (AvgIpc) is 2.12. The molecule has 0 bridgehead atoms. The van der Waals surface area contributed by atoms with Crippen molar-refractivity contribution < 1.29 is 9.53 Å². The first kappa shape index (κ1) is 15.2. The maximum absolute atomic E-state index is 11.5. The first-order valence-corrected chi connectivity index (χ1v) is 5.90. The molecule has 0 radical (unpaired) electrons. The van der Waals surface area contributed by atoms with Crippen molar-refractivity contribution in [3.63, 3.8) is 0 Å². The lowest BCUT2D eigenvalue weighted by Gasteiger charge is -2.30. The van der Waals surface area contributed by atoms with Gasteiger partial charge in [-0.3, -0.25) is 0 Å². The molecule has 0 aromatic carbocycles. The number of amides is 1. The Balaban J connectivity index is 4.14. The Kier molecular flexibility index (Phi) is 6.41. The molecule has 96 valence electrons. The van der Waals surface area contributed by atoms with E-state index in [-0.39, 0.29) is 17.6 Å². The van der Waals surface area contributed by atoms with Crippen LogP contribution in [0.15, 0.2) is 0 Å². The number of ether oxygens (including phenoxy) is 1. The lowest BCUT2D eigenvalue weighted by molar-refractivity contribution is 0.119. The fraction of sp³-hybridized carbons (Fsp3) is 0.917. The molecule has 1 unspecified atom stereocenters. The lowest BCUT2D eigenvalue weighted by atomic mass is 9.85. The maximum atomic E-state index is 11.5. The zero-order valence-electron chi connectivity index (χ0n) is 11.2. The number of hydrogen-bond donors (Lipinski definition) is 2. The Morgan fingerprint density at radius 2 is 1.94 bits per heavy atom. The Hall–Kier alpha value is -0.770. The zero-order valence-corrected chi connectivity index (χ0v) is 11.2. The average molecular weight is 230 g/mol. The molecular weight excluding hydrogens is 204 g/mol. The zero-order chi connectivity index (χ0) is 12.8. The number of carbonyl (C=O) groups excluding carboxylic acids is 1. The van der Waals surface area contributed by atoms with Crippen LogP contribution in [-0.2, 0) is 4.74 Å². The molecule has 4 heteroatoms. The number of nitrogens with one attached hydrogen (secondary N) is 1. The maximum Gasteiger partial charge on any atom is 0.407 e. The van der Waals surface area contributed by atoms with Crippen molar-refractivity contribution in [3.8, 4) is 0 Å². The van der Waals surface area contributed by atoms with Crippen molar-refractivity contribution in [1.82, 2.24) is 5.32 Å². The predicted molar refractivity (Wildman–Crippen MR) is 66.2 cm³/mol. The molecule has 0 aromatic rings. The molecule has 0 aromatic heterocycles. The van der Waals surface area contributed by atoms with Crippen LogP contribution in [0.3, 0.4) is 0 Å². The second kappa shape index (κ2) is 6.74. The van der Waals surface area contributed by atoms with Crippen molar-refractivity contribution in [2.45, 2.75) is 47.1 Å². The summed E-state index contributed by atoms with van der Waals surface area (Å²) in [6, 6.07) is 0.0529. The minimum absolute atomic E-state index is 0.00375. The van der Waals surface area contributed by atoms with Crippen molar-refractivity contribution in [3.05, 3.63) is 0 Å². The van der Waals surface area contributed by atoms with Crippen LogP contribution in [0, 0.1) is 11.3 Å². The summed E-state index contributed by atoms with van der Waals surface area (Å²) < 4.78 is 5.08. The van der Waals surface area contributed by atoms with Crippen LogP contribution < -0.4 is 11.1 Å². The van der Waals surface area contributed by atoms with Gasteiger partial charge in [-0.2, -0.15) is 0 Å². The largest absolute Gasteiger partial charge is 0.449 e. The molecule has 1 amide bonds. The van der Waals surface area contributed by atoms with E-state index in [4.69, 9.17) is 10.5 Å². The van der Waals surface area contributed by atoms with E-state index in [0.29, 0.717) is 19.1 Å². The van der Waals surface area contributed by atoms with Gasteiger partial charge in [0.2, 0.25) is 0 Å². The molecule has 0 saturated heterocycles. The Labute approximate surface area is 98.9 Å². The summed E-state index contributed by atoms with van der Waals surface area (Å²) in [4.78, 5) is 11.5. The number of nitrogens with two attached hydrogens (primary N) is 1. The molecule has 0 saturated carbocycles. The van der Waals surface area contributed by atoms with Gasteiger partial charge in [-0.05, 0) is 24.3 Å². The van der Waals surface area contributed by atoms with E-state index < -0.39 is 0 Å². The smallest absolute Gasteiger partial charge is 0.407 e. The van der Waals surface area contributed by atoms with Gasteiger partial charge in [-0.1, -0.05) is 34.6 Å². The minimum Gasteiger partial charge on any atom is -0.449 e. The second-order valence-electron chi connectivity index (χ2n) is 5.63. The molecule has 0 aliphatic carbocycles. The monoisotopic (exact) mass is 230 g/mol. The minimum atomic E-state index is -0.345. The summed E-state index contributed by atoms with van der Waals surface area (Å²) in [5.74, 6) is 0.355. The predicted octanol–water partition coefficient (Wildman–Crippen LogP) is 2.13. The number of alkyl carbamates (subject to hydrolysis) is 1. The molecule has 0 aliphatic rings. The van der Waals surface area contributed by atoms with E-state index in [1.807, 2.05) is 13.8 Å². The van der Waals surface area contributed by atoms with Crippen LogP contribution >= 0.6 is 0 Å². The SMILES string of the molecule is CC(C)COC(=O)NC(CCN)C(C)(C)C. The topological polar surface area (TPSA) is 64.3 Å². The molecule has 16 heavy (non-hydrogen) atoms. The Morgan fingerprint density at radius 3 is 2.31 bits per heavy atom. The van der Waals surface area contributed by atoms with E-state index in [2.05, 4.69) is 26.1 Å². The summed E-state index contributed by atoms with van der Waals surface area (Å²) in [6.07, 6.45) is 0.419. The molecule has 0 rings (SSSR count). The summed E-state index contributed by atoms with van der Waals surface area (Å²) >= 11 is 0. The van der Waals surface area contributed by atoms with Gasteiger partial charge >= 0.3 is 6.09 Å². The first-order valence-electron chi connectivity index (χ1n) is 5.90. The molecule has 4 nitrogen and oxygen atoms in total. The van der Waals surface area contributed by atoms with E-state index >= 15 is 0 Å². The highest BCUT2D eigenvalue weighted by Crippen LogP contribution is 2.21. The highest BCUT2D eigenvalue weighted by molar-refractivity contribution is 5.67. The van der Waals surface area contributed by atoms with Gasteiger partial charge in [0.25, 0.3) is 0 Å². The normalized spacial score (nSPS) is 13.7. The van der Waals surface area contributed by atoms with Gasteiger partial charge in [-0.15, -0.1) is 0 Å². The van der Waals surface area contributed by atoms with Crippen LogP contribution in [0.4, 0.5) is 4.79 Å². The summed E-state index contributed by atoms with van der Waals surface area (Å²) in [6.45, 7) is 11.3. The van der Waals surface area contributed by atoms with Gasteiger partial charge in [0, 0.05) is 6.04 Å². The Bertz CT molecular complexity index is 210. The molecule has 0 fully saturated rings. The number of rotatable bonds is 5. The molecule has 1 atom stereocenters. The van der Waals surface area contributed by atoms with E-state index in [1.54, 1.807) is 0 Å². The highest BCUT2D eigenvalue weighted by atomic mass is 16.5. The van der Waals surface area contributed by atoms with Crippen LogP contribution in [0.5, 0.6) is 0 Å². The molecule has 0 aliphatic heterocycles. The highest BCUT2D eigenvalue weighted by Gasteiger charge is 2.25. The molecule has 0 heterocycles. The van der Waals surface area contributed by atoms with Gasteiger partial charge in [-0.25, -0.2) is 4.79 Å². The van der Waals surface area contributed by atoms with Gasteiger partial charge in [0.05, 0.1) is 6.61 Å². The third kappa shape index (κ3) is 6.67. The van der Waals surface area contributed by atoms with Crippen LogP contribution in [0.1, 0.15) is 41.0 Å². The van der Waals surface area contributed by atoms with Crippen molar-refractivity contribution in [1.29, 1.82) is 0 Å². The van der Waals surface area contributed by atoms with Crippen molar-refractivity contribution in [2.24, 2.45) is 17.1 Å². The molecule has 3 N–H and O–H groups in total. The number of carbonyl (C=O) groups is 1. The van der Waals surface area contributed by atoms with Crippen molar-refractivity contribution in [2.75, 3.05) is 13.2 Å². The molecular formula is C12H26N2O2. The van der Waals surface area contributed by atoms with Crippen LogP contribution in [0.25, 0.3) is 0 Å². The third-order valence-corrected chi connectivity index (χ3v) is 2.34. The number of hydrogen-bond acceptors (Lipinski definition) is 3. The third-order valence-electron chi connectivity index (χ3n) is 2.34. The Morgan fingerprint density at radius 1 is 1.38 bits per heavy atom. The second-order valence-corrected chi connectivity index (χ2v) is 5.63. The fourth-order valence-corrected chi connectivity index (χ4v) is 1.31. The standard InChI is InChI=1S/C12H26N2O2/c1-9(2)8-16-11(15)14-10(6-7-13)12(3,4)5/h9-10H,6-8,13H2,1-5H3,(H,14,15). The lowest BCUT2D eigenvalue weighted by Crippen LogP contribution is -2.45. The van der Waals surface area contributed by atoms with Gasteiger partial charge < -0.3 is 15.8 Å². The fourth-order valence-electron chi connectivity index (χ4n) is 1.31. The quantitative estimate of drug-likeness (QED) is 0.760.